The van der Waals surface area contributed by atoms with E-state index in [2.05, 4.69) is 25.9 Å². The minimum atomic E-state index is -0.258. The molecule has 0 radical (unpaired) electrons. The van der Waals surface area contributed by atoms with Crippen molar-refractivity contribution in [1.29, 1.82) is 5.26 Å². The second-order valence-electron chi connectivity index (χ2n) is 7.82. The molecule has 0 aliphatic heterocycles. The Kier molecular flexibility index (Phi) is 9.77. The molecule has 4 N–H and O–H groups in total. The summed E-state index contributed by atoms with van der Waals surface area (Å²) in [5.41, 5.74) is 1.90. The molecule has 1 amide bonds. The number of aliphatic hydroxyl groups is 1. The quantitative estimate of drug-likeness (QED) is 0.109. The van der Waals surface area contributed by atoms with Gasteiger partial charge in [0.15, 0.2) is 6.19 Å². The second kappa shape index (κ2) is 13.5. The van der Waals surface area contributed by atoms with Gasteiger partial charge >= 0.3 is 0 Å². The van der Waals surface area contributed by atoms with Gasteiger partial charge in [-0.15, -0.1) is 0 Å². The van der Waals surface area contributed by atoms with E-state index in [-0.39, 0.29) is 24.6 Å². The monoisotopic (exact) mass is 475 g/mol. The average Bonchev–Trinajstić information content (AvgIpc) is 2.88. The van der Waals surface area contributed by atoms with E-state index in [1.807, 2.05) is 6.19 Å². The van der Waals surface area contributed by atoms with Crippen molar-refractivity contribution >= 4 is 28.5 Å². The molecule has 10 heteroatoms. The van der Waals surface area contributed by atoms with Gasteiger partial charge in [-0.25, -0.2) is 4.99 Å². The fraction of sp³-hybridized carbons (Fsp3) is 0.320. The number of aromatic nitrogens is 2. The molecule has 1 aromatic carbocycles. The molecule has 0 bridgehead atoms. The minimum Gasteiger partial charge on any atom is -0.395 e. The molecule has 35 heavy (non-hydrogen) atoms. The summed E-state index contributed by atoms with van der Waals surface area (Å²) < 4.78 is 1.74. The molecule has 3 aromatic rings. The zero-order chi connectivity index (χ0) is 24.9. The molecule has 0 unspecified atom stereocenters. The van der Waals surface area contributed by atoms with Crippen molar-refractivity contribution in [2.45, 2.75) is 32.2 Å². The summed E-state index contributed by atoms with van der Waals surface area (Å²) in [5, 5.41) is 26.9. The molecule has 10 nitrogen and oxygen atoms in total. The maximum atomic E-state index is 12.4. The number of nitrogens with zero attached hydrogens (tertiary/aromatic N) is 4. The van der Waals surface area contributed by atoms with E-state index in [4.69, 9.17) is 10.4 Å². The third kappa shape index (κ3) is 7.65. The third-order valence-electron chi connectivity index (χ3n) is 5.33. The zero-order valence-corrected chi connectivity index (χ0v) is 19.4. The van der Waals surface area contributed by atoms with Gasteiger partial charge in [0.2, 0.25) is 5.96 Å². The number of amides is 1. The minimum absolute atomic E-state index is 0.0730. The van der Waals surface area contributed by atoms with Crippen molar-refractivity contribution in [3.63, 3.8) is 0 Å². The van der Waals surface area contributed by atoms with E-state index in [1.165, 1.54) is 6.07 Å². The summed E-state index contributed by atoms with van der Waals surface area (Å²) >= 11 is 0. The Bertz CT molecular complexity index is 1250. The smallest absolute Gasteiger partial charge is 0.251 e. The number of aliphatic imine (C=N–C) groups is 1. The number of nitrogens with one attached hydrogen (secondary N) is 3. The van der Waals surface area contributed by atoms with Crippen molar-refractivity contribution in [2.24, 2.45) is 4.99 Å². The van der Waals surface area contributed by atoms with Gasteiger partial charge in [0, 0.05) is 43.7 Å². The van der Waals surface area contributed by atoms with Crippen LogP contribution < -0.4 is 21.5 Å². The highest BCUT2D eigenvalue weighted by Crippen LogP contribution is 2.16. The predicted octanol–water partition coefficient (Wildman–Crippen LogP) is 2.03. The van der Waals surface area contributed by atoms with Crippen molar-refractivity contribution < 1.29 is 9.90 Å². The number of hydrogen-bond donors (Lipinski definition) is 4. The number of aryl methyl sites for hydroxylation is 1. The Hall–Kier alpha value is -4.23. The molecule has 3 rings (SSSR count). The van der Waals surface area contributed by atoms with Gasteiger partial charge in [-0.05, 0) is 54.6 Å². The summed E-state index contributed by atoms with van der Waals surface area (Å²) in [4.78, 5) is 32.9. The fourth-order valence-electron chi connectivity index (χ4n) is 3.61. The summed E-state index contributed by atoms with van der Waals surface area (Å²) in [5.74, 6) is 0.136. The first kappa shape index (κ1) is 25.4. The summed E-state index contributed by atoms with van der Waals surface area (Å²) in [6, 6.07) is 12.0. The van der Waals surface area contributed by atoms with Crippen LogP contribution in [0.1, 0.15) is 36.0 Å². The van der Waals surface area contributed by atoms with Crippen LogP contribution >= 0.6 is 0 Å². The lowest BCUT2D eigenvalue weighted by atomic mass is 10.1. The zero-order valence-electron chi connectivity index (χ0n) is 19.4. The number of rotatable bonds is 11. The SMILES string of the molecule is N#CN/C(=N/c1ccncc1)NCCCCCCn1c(=O)ccc2cc(C(=O)NCCO)ccc21. The van der Waals surface area contributed by atoms with Crippen LogP contribution in [0.15, 0.2) is 64.6 Å². The topological polar surface area (TPSA) is 144 Å². The average molecular weight is 476 g/mol. The number of benzene rings is 1. The van der Waals surface area contributed by atoms with Gasteiger partial charge in [0.1, 0.15) is 0 Å². The van der Waals surface area contributed by atoms with E-state index in [9.17, 15) is 9.59 Å². The van der Waals surface area contributed by atoms with Crippen molar-refractivity contribution in [2.75, 3.05) is 19.7 Å². The molecule has 0 fully saturated rings. The van der Waals surface area contributed by atoms with Gasteiger partial charge in [0.05, 0.1) is 17.8 Å². The van der Waals surface area contributed by atoms with E-state index < -0.39 is 0 Å². The Morgan fingerprint density at radius 1 is 1.03 bits per heavy atom. The van der Waals surface area contributed by atoms with Crippen LogP contribution in [0.5, 0.6) is 0 Å². The number of carbonyl (C=O) groups is 1. The Balaban J connectivity index is 1.49. The maximum absolute atomic E-state index is 12.4. The van der Waals surface area contributed by atoms with E-state index in [0.29, 0.717) is 30.3 Å². The van der Waals surface area contributed by atoms with Crippen LogP contribution in [0.2, 0.25) is 0 Å². The molecule has 0 saturated carbocycles. The number of carbonyl (C=O) groups excluding carboxylic acids is 1. The number of aliphatic hydroxyl groups excluding tert-OH is 1. The molecule has 2 heterocycles. The molecule has 182 valence electrons. The summed E-state index contributed by atoms with van der Waals surface area (Å²) in [6.45, 7) is 1.32. The predicted molar refractivity (Wildman–Crippen MR) is 134 cm³/mol. The third-order valence-corrected chi connectivity index (χ3v) is 5.33. The van der Waals surface area contributed by atoms with E-state index >= 15 is 0 Å². The molecule has 0 aliphatic carbocycles. The van der Waals surface area contributed by atoms with Crippen LogP contribution in [0.4, 0.5) is 5.69 Å². The molecule has 0 atom stereocenters. The Morgan fingerprint density at radius 2 is 1.83 bits per heavy atom. The number of nitriles is 1. The van der Waals surface area contributed by atoms with Gasteiger partial charge in [-0.2, -0.15) is 5.26 Å². The normalized spacial score (nSPS) is 11.1. The van der Waals surface area contributed by atoms with Crippen molar-refractivity contribution in [3.8, 4) is 6.19 Å². The fourth-order valence-corrected chi connectivity index (χ4v) is 3.61. The largest absolute Gasteiger partial charge is 0.395 e. The number of hydrogen-bond acceptors (Lipinski definition) is 6. The van der Waals surface area contributed by atoms with Gasteiger partial charge in [-0.3, -0.25) is 19.9 Å². The lowest BCUT2D eigenvalue weighted by Crippen LogP contribution is -2.34. The summed E-state index contributed by atoms with van der Waals surface area (Å²) in [6.07, 6.45) is 8.78. The summed E-state index contributed by atoms with van der Waals surface area (Å²) in [7, 11) is 0. The Morgan fingerprint density at radius 3 is 2.60 bits per heavy atom. The van der Waals surface area contributed by atoms with E-state index in [0.717, 1.165) is 36.6 Å². The molecular weight excluding hydrogens is 446 g/mol. The highest BCUT2D eigenvalue weighted by Gasteiger charge is 2.09. The first-order valence-electron chi connectivity index (χ1n) is 11.5. The number of guanidine groups is 1. The molecule has 2 aromatic heterocycles. The van der Waals surface area contributed by atoms with Crippen LogP contribution in [-0.4, -0.2) is 46.2 Å². The molecule has 0 saturated heterocycles. The highest BCUT2D eigenvalue weighted by atomic mass is 16.3. The lowest BCUT2D eigenvalue weighted by molar-refractivity contribution is 0.0945. The van der Waals surface area contributed by atoms with Crippen LogP contribution in [-0.2, 0) is 6.54 Å². The number of pyridine rings is 2. The first-order chi connectivity index (χ1) is 17.1. The van der Waals surface area contributed by atoms with E-state index in [1.54, 1.807) is 53.4 Å². The van der Waals surface area contributed by atoms with Gasteiger partial charge in [0.25, 0.3) is 11.5 Å². The van der Waals surface area contributed by atoms with Crippen LogP contribution in [0, 0.1) is 11.5 Å². The molecular formula is C25H29N7O3. The second-order valence-corrected chi connectivity index (χ2v) is 7.82. The standard InChI is InChI=1S/C25H29N7O3/c26-18-30-25(31-21-9-12-27-13-10-21)29-11-3-1-2-4-15-32-22-7-5-20(24(35)28-14-16-33)17-19(22)6-8-23(32)34/h5-10,12-13,17,33H,1-4,11,14-16H2,(H,28,35)(H2,27,29,30,31). The van der Waals surface area contributed by atoms with Gasteiger partial charge in [-0.1, -0.05) is 12.8 Å². The van der Waals surface area contributed by atoms with Crippen molar-refractivity contribution in [3.05, 3.63) is 70.8 Å². The number of unbranched alkanes of at least 4 members (excludes halogenated alkanes) is 3. The van der Waals surface area contributed by atoms with Crippen LogP contribution in [0.3, 0.4) is 0 Å². The van der Waals surface area contributed by atoms with Gasteiger partial charge < -0.3 is 20.3 Å². The highest BCUT2D eigenvalue weighted by molar-refractivity contribution is 5.98. The molecule has 0 aliphatic rings. The van der Waals surface area contributed by atoms with Crippen molar-refractivity contribution in [1.82, 2.24) is 25.5 Å². The molecule has 0 spiro atoms. The lowest BCUT2D eigenvalue weighted by Gasteiger charge is -2.12. The first-order valence-corrected chi connectivity index (χ1v) is 11.5. The van der Waals surface area contributed by atoms with Crippen LogP contribution in [0.25, 0.3) is 10.9 Å². The Labute approximate surface area is 203 Å². The number of fused-ring (bicyclic) bond motifs is 1. The maximum Gasteiger partial charge on any atom is 0.251 e.